The molecule has 1 amide bonds. The van der Waals surface area contributed by atoms with Gasteiger partial charge in [0.15, 0.2) is 0 Å². The predicted molar refractivity (Wildman–Crippen MR) is 94.5 cm³/mol. The van der Waals surface area contributed by atoms with Crippen molar-refractivity contribution in [3.63, 3.8) is 0 Å². The molecule has 0 spiro atoms. The minimum Gasteiger partial charge on any atom is -0.348 e. The maximum atomic E-state index is 12.4. The van der Waals surface area contributed by atoms with E-state index >= 15 is 0 Å². The highest BCUT2D eigenvalue weighted by Gasteiger charge is 2.20. The lowest BCUT2D eigenvalue weighted by Crippen LogP contribution is -2.23. The zero-order valence-electron chi connectivity index (χ0n) is 13.0. The predicted octanol–water partition coefficient (Wildman–Crippen LogP) is 4.88. The number of hydrogen-bond acceptors (Lipinski definition) is 2. The number of carbonyl (C=O) groups is 1. The number of aryl methyl sites for hydroxylation is 2. The lowest BCUT2D eigenvalue weighted by atomic mass is 10.2. The maximum absolute atomic E-state index is 12.4. The van der Waals surface area contributed by atoms with Crippen LogP contribution < -0.4 is 5.32 Å². The average Bonchev–Trinajstić information content (AvgIpc) is 2.78. The Kier molecular flexibility index (Phi) is 6.33. The Balaban J connectivity index is 2.10. The normalized spacial score (nSPS) is 10.8. The molecule has 0 radical (unpaired) electrons. The van der Waals surface area contributed by atoms with Crippen LogP contribution in [0.4, 0.5) is 0 Å². The third-order valence-electron chi connectivity index (χ3n) is 3.47. The zero-order chi connectivity index (χ0) is 17.0. The molecule has 7 heteroatoms. The highest BCUT2D eigenvalue weighted by atomic mass is 35.5. The molecule has 1 aromatic carbocycles. The highest BCUT2D eigenvalue weighted by molar-refractivity contribution is 6.35. The van der Waals surface area contributed by atoms with Crippen LogP contribution in [-0.4, -0.2) is 15.7 Å². The summed E-state index contributed by atoms with van der Waals surface area (Å²) in [4.78, 5) is 12.4. The third-order valence-corrected chi connectivity index (χ3v) is 4.44. The summed E-state index contributed by atoms with van der Waals surface area (Å²) < 4.78 is 1.67. The summed E-state index contributed by atoms with van der Waals surface area (Å²) in [5, 5.41) is 8.60. The molecule has 1 aromatic heterocycles. The van der Waals surface area contributed by atoms with Crippen molar-refractivity contribution in [1.82, 2.24) is 15.1 Å². The van der Waals surface area contributed by atoms with Crippen molar-refractivity contribution in [2.45, 2.75) is 39.8 Å². The number of carbonyl (C=O) groups excluding carboxylic acids is 1. The Morgan fingerprint density at radius 3 is 2.70 bits per heavy atom. The Bertz CT molecular complexity index is 713. The van der Waals surface area contributed by atoms with Crippen LogP contribution in [0.3, 0.4) is 0 Å². The van der Waals surface area contributed by atoms with Crippen LogP contribution in [0.15, 0.2) is 18.2 Å². The number of benzene rings is 1. The van der Waals surface area contributed by atoms with Crippen molar-refractivity contribution in [2.75, 3.05) is 0 Å². The molecule has 2 rings (SSSR count). The number of amides is 1. The van der Waals surface area contributed by atoms with Crippen molar-refractivity contribution in [1.29, 1.82) is 0 Å². The Morgan fingerprint density at radius 1 is 1.30 bits per heavy atom. The molecule has 0 fully saturated rings. The summed E-state index contributed by atoms with van der Waals surface area (Å²) >= 11 is 18.3. The van der Waals surface area contributed by atoms with E-state index < -0.39 is 0 Å². The van der Waals surface area contributed by atoms with Gasteiger partial charge >= 0.3 is 0 Å². The highest BCUT2D eigenvalue weighted by Crippen LogP contribution is 2.22. The van der Waals surface area contributed by atoms with Crippen molar-refractivity contribution < 1.29 is 4.79 Å². The molecule has 2 aromatic rings. The zero-order valence-corrected chi connectivity index (χ0v) is 15.3. The SMILES string of the molecule is CCCCn1nc(C)c(C(=O)NCc2ccc(Cl)cc2Cl)c1Cl. The van der Waals surface area contributed by atoms with Gasteiger partial charge in [-0.1, -0.05) is 54.2 Å². The van der Waals surface area contributed by atoms with Crippen molar-refractivity contribution in [3.05, 3.63) is 50.2 Å². The molecule has 4 nitrogen and oxygen atoms in total. The summed E-state index contributed by atoms with van der Waals surface area (Å²) in [6.45, 7) is 4.86. The number of hydrogen-bond donors (Lipinski definition) is 1. The van der Waals surface area contributed by atoms with Gasteiger partial charge in [0.1, 0.15) is 5.15 Å². The fourth-order valence-electron chi connectivity index (χ4n) is 2.20. The van der Waals surface area contributed by atoms with Gasteiger partial charge < -0.3 is 5.32 Å². The van der Waals surface area contributed by atoms with E-state index in [2.05, 4.69) is 17.3 Å². The molecule has 1 heterocycles. The monoisotopic (exact) mass is 373 g/mol. The van der Waals surface area contributed by atoms with Crippen molar-refractivity contribution in [3.8, 4) is 0 Å². The van der Waals surface area contributed by atoms with E-state index in [0.29, 0.717) is 39.5 Å². The largest absolute Gasteiger partial charge is 0.348 e. The molecule has 124 valence electrons. The maximum Gasteiger partial charge on any atom is 0.256 e. The van der Waals surface area contributed by atoms with E-state index in [9.17, 15) is 4.79 Å². The first-order valence-corrected chi connectivity index (χ1v) is 8.52. The van der Waals surface area contributed by atoms with Crippen molar-refractivity contribution in [2.24, 2.45) is 0 Å². The summed E-state index contributed by atoms with van der Waals surface area (Å²) in [6.07, 6.45) is 1.99. The minimum absolute atomic E-state index is 0.263. The van der Waals surface area contributed by atoms with Crippen LogP contribution in [0.25, 0.3) is 0 Å². The van der Waals surface area contributed by atoms with Gasteiger partial charge in [0, 0.05) is 23.1 Å². The van der Waals surface area contributed by atoms with Gasteiger partial charge in [-0.2, -0.15) is 5.10 Å². The van der Waals surface area contributed by atoms with Gasteiger partial charge in [-0.25, -0.2) is 0 Å². The molecular formula is C16H18Cl3N3O. The first-order chi connectivity index (χ1) is 10.9. The smallest absolute Gasteiger partial charge is 0.256 e. The summed E-state index contributed by atoms with van der Waals surface area (Å²) in [5.41, 5.74) is 1.82. The molecule has 23 heavy (non-hydrogen) atoms. The second-order valence-electron chi connectivity index (χ2n) is 5.25. The van der Waals surface area contributed by atoms with Gasteiger partial charge in [-0.05, 0) is 31.0 Å². The van der Waals surface area contributed by atoms with Crippen LogP contribution in [0.1, 0.15) is 41.4 Å². The second-order valence-corrected chi connectivity index (χ2v) is 6.45. The first-order valence-electron chi connectivity index (χ1n) is 7.39. The summed E-state index contributed by atoms with van der Waals surface area (Å²) in [7, 11) is 0. The molecule has 0 atom stereocenters. The number of unbranched alkanes of at least 4 members (excludes halogenated alkanes) is 1. The number of nitrogens with one attached hydrogen (secondary N) is 1. The Labute approximate surface area is 150 Å². The van der Waals surface area contributed by atoms with Gasteiger partial charge in [0.25, 0.3) is 5.91 Å². The van der Waals surface area contributed by atoms with Gasteiger partial charge in [0.05, 0.1) is 11.3 Å². The summed E-state index contributed by atoms with van der Waals surface area (Å²) in [6, 6.07) is 5.16. The molecule has 0 bridgehead atoms. The van der Waals surface area contributed by atoms with Crippen LogP contribution >= 0.6 is 34.8 Å². The van der Waals surface area contributed by atoms with E-state index in [-0.39, 0.29) is 5.91 Å². The number of aromatic nitrogens is 2. The minimum atomic E-state index is -0.263. The van der Waals surface area contributed by atoms with Gasteiger partial charge in [0.2, 0.25) is 0 Å². The summed E-state index contributed by atoms with van der Waals surface area (Å²) in [5.74, 6) is -0.263. The third kappa shape index (κ3) is 4.40. The van der Waals surface area contributed by atoms with Crippen molar-refractivity contribution >= 4 is 40.7 Å². The molecule has 0 saturated heterocycles. The lowest BCUT2D eigenvalue weighted by molar-refractivity contribution is 0.0950. The molecule has 0 aliphatic carbocycles. The lowest BCUT2D eigenvalue weighted by Gasteiger charge is -2.07. The van der Waals surface area contributed by atoms with Crippen LogP contribution in [0, 0.1) is 6.92 Å². The molecule has 0 aliphatic heterocycles. The van der Waals surface area contributed by atoms with E-state index in [1.807, 2.05) is 0 Å². The topological polar surface area (TPSA) is 46.9 Å². The van der Waals surface area contributed by atoms with E-state index in [0.717, 1.165) is 18.4 Å². The van der Waals surface area contributed by atoms with Gasteiger partial charge in [-0.3, -0.25) is 9.48 Å². The van der Waals surface area contributed by atoms with Crippen LogP contribution in [-0.2, 0) is 13.1 Å². The van der Waals surface area contributed by atoms with E-state index in [4.69, 9.17) is 34.8 Å². The number of halogens is 3. The Morgan fingerprint density at radius 2 is 2.04 bits per heavy atom. The molecular weight excluding hydrogens is 357 g/mol. The number of nitrogens with zero attached hydrogens (tertiary/aromatic N) is 2. The van der Waals surface area contributed by atoms with Gasteiger partial charge in [-0.15, -0.1) is 0 Å². The quantitative estimate of drug-likeness (QED) is 0.783. The first kappa shape index (κ1) is 18.1. The Hall–Kier alpha value is -1.23. The number of rotatable bonds is 6. The average molecular weight is 375 g/mol. The standard InChI is InChI=1S/C16H18Cl3N3O/c1-3-4-7-22-15(19)14(10(2)21-22)16(23)20-9-11-5-6-12(17)8-13(11)18/h5-6,8H,3-4,7,9H2,1-2H3,(H,20,23). The van der Waals surface area contributed by atoms with Crippen LogP contribution in [0.5, 0.6) is 0 Å². The molecule has 0 unspecified atom stereocenters. The van der Waals surface area contributed by atoms with E-state index in [1.54, 1.807) is 29.8 Å². The second kappa shape index (κ2) is 8.04. The van der Waals surface area contributed by atoms with E-state index in [1.165, 1.54) is 0 Å². The molecule has 0 aliphatic rings. The fourth-order valence-corrected chi connectivity index (χ4v) is 3.02. The molecule has 1 N–H and O–H groups in total. The fraction of sp³-hybridized carbons (Fsp3) is 0.375. The molecule has 0 saturated carbocycles. The van der Waals surface area contributed by atoms with Crippen LogP contribution in [0.2, 0.25) is 15.2 Å².